The van der Waals surface area contributed by atoms with Gasteiger partial charge in [-0.15, -0.1) is 0 Å². The van der Waals surface area contributed by atoms with E-state index in [1.165, 1.54) is 5.56 Å². The maximum atomic E-state index is 12.5. The lowest BCUT2D eigenvalue weighted by molar-refractivity contribution is -0.119. The number of amides is 2. The SMILES string of the molecule is CCc1ccc(C(=O)N2CCC3NC(=O)CC32)cc1. The molecule has 1 aromatic rings. The molecule has 0 aliphatic carbocycles. The average molecular weight is 258 g/mol. The van der Waals surface area contributed by atoms with Crippen molar-refractivity contribution >= 4 is 11.8 Å². The number of hydrogen-bond donors (Lipinski definition) is 1. The Morgan fingerprint density at radius 2 is 2.11 bits per heavy atom. The molecule has 4 heteroatoms. The minimum absolute atomic E-state index is 0.0471. The van der Waals surface area contributed by atoms with Crippen LogP contribution in [0.5, 0.6) is 0 Å². The normalized spacial score (nSPS) is 25.3. The lowest BCUT2D eigenvalue weighted by Gasteiger charge is -2.22. The fourth-order valence-electron chi connectivity index (χ4n) is 3.03. The van der Waals surface area contributed by atoms with E-state index in [0.29, 0.717) is 6.42 Å². The van der Waals surface area contributed by atoms with Gasteiger partial charge in [0, 0.05) is 18.5 Å². The zero-order valence-electron chi connectivity index (χ0n) is 11.1. The lowest BCUT2D eigenvalue weighted by Crippen LogP contribution is -2.38. The van der Waals surface area contributed by atoms with E-state index in [-0.39, 0.29) is 23.9 Å². The molecular weight excluding hydrogens is 240 g/mol. The van der Waals surface area contributed by atoms with Gasteiger partial charge in [-0.25, -0.2) is 0 Å². The van der Waals surface area contributed by atoms with Gasteiger partial charge in [0.15, 0.2) is 0 Å². The van der Waals surface area contributed by atoms with Crippen molar-refractivity contribution in [2.45, 2.75) is 38.3 Å². The molecule has 3 rings (SSSR count). The molecule has 2 unspecified atom stereocenters. The molecule has 2 heterocycles. The summed E-state index contributed by atoms with van der Waals surface area (Å²) in [6.07, 6.45) is 2.29. The number of likely N-dealkylation sites (tertiary alicyclic amines) is 1. The zero-order chi connectivity index (χ0) is 13.4. The van der Waals surface area contributed by atoms with Gasteiger partial charge in [0.1, 0.15) is 0 Å². The van der Waals surface area contributed by atoms with Gasteiger partial charge in [-0.3, -0.25) is 9.59 Å². The van der Waals surface area contributed by atoms with Crippen LogP contribution < -0.4 is 5.32 Å². The van der Waals surface area contributed by atoms with Gasteiger partial charge in [-0.2, -0.15) is 0 Å². The van der Waals surface area contributed by atoms with E-state index < -0.39 is 0 Å². The van der Waals surface area contributed by atoms with E-state index >= 15 is 0 Å². The van der Waals surface area contributed by atoms with Gasteiger partial charge in [-0.1, -0.05) is 19.1 Å². The second-order valence-electron chi connectivity index (χ2n) is 5.28. The Morgan fingerprint density at radius 3 is 2.79 bits per heavy atom. The standard InChI is InChI=1S/C15H18N2O2/c1-2-10-3-5-11(6-4-10)15(19)17-8-7-12-13(17)9-14(18)16-12/h3-6,12-13H,2,7-9H2,1H3,(H,16,18). The highest BCUT2D eigenvalue weighted by Gasteiger charge is 2.43. The molecule has 1 aromatic carbocycles. The van der Waals surface area contributed by atoms with Crippen LogP contribution in [-0.2, 0) is 11.2 Å². The maximum absolute atomic E-state index is 12.5. The molecule has 4 nitrogen and oxygen atoms in total. The van der Waals surface area contributed by atoms with Crippen LogP contribution in [-0.4, -0.2) is 35.3 Å². The summed E-state index contributed by atoms with van der Waals surface area (Å²) in [5.41, 5.74) is 1.95. The lowest BCUT2D eigenvalue weighted by atomic mass is 10.1. The van der Waals surface area contributed by atoms with E-state index in [1.807, 2.05) is 29.2 Å². The molecule has 0 spiro atoms. The third-order valence-electron chi connectivity index (χ3n) is 4.16. The fraction of sp³-hybridized carbons (Fsp3) is 0.467. The second kappa shape index (κ2) is 4.68. The van der Waals surface area contributed by atoms with Gasteiger partial charge in [-0.05, 0) is 30.5 Å². The van der Waals surface area contributed by atoms with Crippen molar-refractivity contribution in [1.29, 1.82) is 0 Å². The van der Waals surface area contributed by atoms with Crippen LogP contribution in [0.2, 0.25) is 0 Å². The monoisotopic (exact) mass is 258 g/mol. The van der Waals surface area contributed by atoms with Crippen LogP contribution in [0.1, 0.15) is 35.7 Å². The number of carbonyl (C=O) groups is 2. The topological polar surface area (TPSA) is 49.4 Å². The summed E-state index contributed by atoms with van der Waals surface area (Å²) in [6, 6.07) is 7.98. The van der Waals surface area contributed by atoms with Gasteiger partial charge < -0.3 is 10.2 Å². The van der Waals surface area contributed by atoms with Crippen molar-refractivity contribution in [3.05, 3.63) is 35.4 Å². The van der Waals surface area contributed by atoms with E-state index in [0.717, 1.165) is 24.9 Å². The first-order chi connectivity index (χ1) is 9.19. The molecule has 2 fully saturated rings. The number of rotatable bonds is 2. The third-order valence-corrected chi connectivity index (χ3v) is 4.16. The molecule has 2 aliphatic rings. The van der Waals surface area contributed by atoms with Crippen LogP contribution in [0.4, 0.5) is 0 Å². The zero-order valence-corrected chi connectivity index (χ0v) is 11.1. The first kappa shape index (κ1) is 12.2. The van der Waals surface area contributed by atoms with Gasteiger partial charge in [0.2, 0.25) is 5.91 Å². The van der Waals surface area contributed by atoms with Crippen molar-refractivity contribution in [3.63, 3.8) is 0 Å². The summed E-state index contributed by atoms with van der Waals surface area (Å²) in [5.74, 6) is 0.112. The minimum atomic E-state index is 0.0471. The molecule has 2 saturated heterocycles. The fourth-order valence-corrected chi connectivity index (χ4v) is 3.03. The number of hydrogen-bond acceptors (Lipinski definition) is 2. The summed E-state index contributed by atoms with van der Waals surface area (Å²) in [5, 5.41) is 2.94. The third kappa shape index (κ3) is 2.11. The molecule has 0 bridgehead atoms. The summed E-state index contributed by atoms with van der Waals surface area (Å²) in [4.78, 5) is 25.7. The first-order valence-corrected chi connectivity index (χ1v) is 6.88. The van der Waals surface area contributed by atoms with Crippen molar-refractivity contribution in [3.8, 4) is 0 Å². The highest BCUT2D eigenvalue weighted by atomic mass is 16.2. The predicted octanol–water partition coefficient (Wildman–Crippen LogP) is 1.35. The predicted molar refractivity (Wildman–Crippen MR) is 71.8 cm³/mol. The van der Waals surface area contributed by atoms with Gasteiger partial charge in [0.25, 0.3) is 5.91 Å². The summed E-state index contributed by atoms with van der Waals surface area (Å²) < 4.78 is 0. The van der Waals surface area contributed by atoms with Crippen LogP contribution in [0.15, 0.2) is 24.3 Å². The first-order valence-electron chi connectivity index (χ1n) is 6.88. The van der Waals surface area contributed by atoms with E-state index in [9.17, 15) is 9.59 Å². The number of aryl methyl sites for hydroxylation is 1. The Hall–Kier alpha value is -1.84. The Morgan fingerprint density at radius 1 is 1.37 bits per heavy atom. The van der Waals surface area contributed by atoms with Crippen molar-refractivity contribution in [1.82, 2.24) is 10.2 Å². The van der Waals surface area contributed by atoms with Crippen molar-refractivity contribution in [2.75, 3.05) is 6.54 Å². The summed E-state index contributed by atoms with van der Waals surface area (Å²) >= 11 is 0. The summed E-state index contributed by atoms with van der Waals surface area (Å²) in [7, 11) is 0. The van der Waals surface area contributed by atoms with Crippen LogP contribution in [0.25, 0.3) is 0 Å². The van der Waals surface area contributed by atoms with E-state index in [4.69, 9.17) is 0 Å². The molecule has 19 heavy (non-hydrogen) atoms. The molecule has 0 radical (unpaired) electrons. The number of fused-ring (bicyclic) bond motifs is 1. The Bertz CT molecular complexity index is 509. The van der Waals surface area contributed by atoms with E-state index in [1.54, 1.807) is 0 Å². The Balaban J connectivity index is 1.78. The minimum Gasteiger partial charge on any atom is -0.351 e. The molecule has 2 amide bonds. The largest absolute Gasteiger partial charge is 0.351 e. The molecule has 2 atom stereocenters. The van der Waals surface area contributed by atoms with Crippen molar-refractivity contribution in [2.24, 2.45) is 0 Å². The molecule has 100 valence electrons. The summed E-state index contributed by atoms with van der Waals surface area (Å²) in [6.45, 7) is 2.83. The second-order valence-corrected chi connectivity index (χ2v) is 5.28. The van der Waals surface area contributed by atoms with Crippen LogP contribution in [0, 0.1) is 0 Å². The van der Waals surface area contributed by atoms with Crippen LogP contribution >= 0.6 is 0 Å². The van der Waals surface area contributed by atoms with Gasteiger partial charge >= 0.3 is 0 Å². The van der Waals surface area contributed by atoms with Gasteiger partial charge in [0.05, 0.1) is 12.1 Å². The Labute approximate surface area is 112 Å². The molecule has 2 aliphatic heterocycles. The molecular formula is C15H18N2O2. The molecule has 0 aromatic heterocycles. The number of carbonyl (C=O) groups excluding carboxylic acids is 2. The van der Waals surface area contributed by atoms with E-state index in [2.05, 4.69) is 12.2 Å². The highest BCUT2D eigenvalue weighted by Crippen LogP contribution is 2.27. The highest BCUT2D eigenvalue weighted by molar-refractivity contribution is 5.95. The molecule has 1 N–H and O–H groups in total. The average Bonchev–Trinajstić information content (AvgIpc) is 2.97. The van der Waals surface area contributed by atoms with Crippen molar-refractivity contribution < 1.29 is 9.59 Å². The maximum Gasteiger partial charge on any atom is 0.254 e. The quantitative estimate of drug-likeness (QED) is 0.870. The number of benzene rings is 1. The Kier molecular flexibility index (Phi) is 3.01. The van der Waals surface area contributed by atoms with Crippen LogP contribution in [0.3, 0.4) is 0 Å². The smallest absolute Gasteiger partial charge is 0.254 e. The number of nitrogens with one attached hydrogen (secondary N) is 1. The number of nitrogens with zero attached hydrogens (tertiary/aromatic N) is 1. The molecule has 0 saturated carbocycles.